The normalized spacial score (nSPS) is 12.0. The molecule has 1 aromatic heterocycles. The van der Waals surface area contributed by atoms with Crippen molar-refractivity contribution in [3.05, 3.63) is 76.8 Å². The number of aromatic nitrogens is 2. The molecule has 5 nitrogen and oxygen atoms in total. The number of anilines is 1. The van der Waals surface area contributed by atoms with Gasteiger partial charge in [0.05, 0.1) is 5.69 Å². The van der Waals surface area contributed by atoms with Gasteiger partial charge in [0.15, 0.2) is 5.78 Å². The van der Waals surface area contributed by atoms with Crippen LogP contribution in [0.5, 0.6) is 0 Å². The van der Waals surface area contributed by atoms with Gasteiger partial charge in [-0.3, -0.25) is 19.6 Å². The summed E-state index contributed by atoms with van der Waals surface area (Å²) in [7, 11) is 1.73. The average molecular weight is 450 g/mol. The number of carbonyl (C=O) groups is 2. The van der Waals surface area contributed by atoms with Crippen molar-refractivity contribution in [3.8, 4) is 11.1 Å². The Balaban J connectivity index is 2.03. The van der Waals surface area contributed by atoms with E-state index in [2.05, 4.69) is 9.97 Å². The molecule has 1 heterocycles. The van der Waals surface area contributed by atoms with Crippen LogP contribution >= 0.6 is 11.6 Å². The van der Waals surface area contributed by atoms with Crippen molar-refractivity contribution in [1.29, 1.82) is 0 Å². The van der Waals surface area contributed by atoms with Crippen LogP contribution in [0.1, 0.15) is 54.7 Å². The van der Waals surface area contributed by atoms with Crippen LogP contribution in [0.4, 0.5) is 5.69 Å². The summed E-state index contributed by atoms with van der Waals surface area (Å²) >= 11 is 6.52. The lowest BCUT2D eigenvalue weighted by molar-refractivity contribution is -0.121. The second kappa shape index (κ2) is 10.0. The van der Waals surface area contributed by atoms with Crippen molar-refractivity contribution in [2.45, 2.75) is 40.0 Å². The average Bonchev–Trinajstić information content (AvgIpc) is 2.78. The summed E-state index contributed by atoms with van der Waals surface area (Å²) in [4.78, 5) is 35.9. The molecule has 1 unspecified atom stereocenters. The third-order valence-electron chi connectivity index (χ3n) is 5.47. The first kappa shape index (κ1) is 23.6. The summed E-state index contributed by atoms with van der Waals surface area (Å²) in [6.07, 6.45) is 5.20. The number of ketones is 1. The summed E-state index contributed by atoms with van der Waals surface area (Å²) in [6.45, 7) is 7.64. The maximum absolute atomic E-state index is 13.2. The van der Waals surface area contributed by atoms with Crippen molar-refractivity contribution in [2.24, 2.45) is 5.92 Å². The maximum Gasteiger partial charge on any atom is 0.229 e. The minimum absolute atomic E-state index is 0.0246. The van der Waals surface area contributed by atoms with Crippen LogP contribution in [0.2, 0.25) is 5.02 Å². The number of rotatable bonds is 7. The molecule has 6 heteroatoms. The number of aryl methyl sites for hydroxylation is 1. The van der Waals surface area contributed by atoms with Crippen LogP contribution < -0.4 is 4.90 Å². The van der Waals surface area contributed by atoms with Crippen LogP contribution in [-0.2, 0) is 4.79 Å². The molecule has 1 amide bonds. The van der Waals surface area contributed by atoms with E-state index in [0.717, 1.165) is 22.4 Å². The summed E-state index contributed by atoms with van der Waals surface area (Å²) < 4.78 is 0. The molecule has 0 N–H and O–H groups in total. The van der Waals surface area contributed by atoms with Gasteiger partial charge in [0.1, 0.15) is 0 Å². The molecule has 3 aromatic rings. The monoisotopic (exact) mass is 449 g/mol. The van der Waals surface area contributed by atoms with Crippen LogP contribution in [0.15, 0.2) is 55.0 Å². The molecule has 0 saturated heterocycles. The first-order chi connectivity index (χ1) is 15.2. The predicted molar refractivity (Wildman–Crippen MR) is 129 cm³/mol. The van der Waals surface area contributed by atoms with Gasteiger partial charge >= 0.3 is 0 Å². The van der Waals surface area contributed by atoms with Gasteiger partial charge in [0.25, 0.3) is 0 Å². The van der Waals surface area contributed by atoms with E-state index >= 15 is 0 Å². The van der Waals surface area contributed by atoms with Gasteiger partial charge < -0.3 is 4.90 Å². The third-order valence-corrected chi connectivity index (χ3v) is 5.78. The largest absolute Gasteiger partial charge is 0.315 e. The maximum atomic E-state index is 13.2. The van der Waals surface area contributed by atoms with Crippen molar-refractivity contribution >= 4 is 29.0 Å². The number of amides is 1. The lowest BCUT2D eigenvalue weighted by Crippen LogP contribution is -2.30. The lowest BCUT2D eigenvalue weighted by atomic mass is 9.94. The van der Waals surface area contributed by atoms with Gasteiger partial charge in [0, 0.05) is 65.7 Å². The SMILES string of the molecule is Cc1ccc(-c2cc(C(=O)CC(C)c3cnccn3)cc(N(C)C(=O)C(C)C)c2)c(Cl)c1. The molecule has 0 aliphatic carbocycles. The minimum atomic E-state index is -0.164. The van der Waals surface area contributed by atoms with Gasteiger partial charge in [-0.15, -0.1) is 0 Å². The molecule has 2 aromatic carbocycles. The zero-order chi connectivity index (χ0) is 23.4. The fourth-order valence-electron chi connectivity index (χ4n) is 3.56. The van der Waals surface area contributed by atoms with Crippen LogP contribution in [-0.4, -0.2) is 28.7 Å². The Morgan fingerprint density at radius 1 is 1.06 bits per heavy atom. The number of Topliss-reactive ketones (excluding diaryl/α,β-unsaturated/α-hetero) is 1. The predicted octanol–water partition coefficient (Wildman–Crippen LogP) is 6.10. The molecule has 0 radical (unpaired) electrons. The Morgan fingerprint density at radius 2 is 1.81 bits per heavy atom. The van der Waals surface area contributed by atoms with Crippen molar-refractivity contribution < 1.29 is 9.59 Å². The van der Waals surface area contributed by atoms with E-state index in [1.54, 1.807) is 36.6 Å². The molecule has 0 aliphatic rings. The van der Waals surface area contributed by atoms with Gasteiger partial charge in [-0.2, -0.15) is 0 Å². The quantitative estimate of drug-likeness (QED) is 0.409. The smallest absolute Gasteiger partial charge is 0.229 e. The lowest BCUT2D eigenvalue weighted by Gasteiger charge is -2.22. The Kier molecular flexibility index (Phi) is 7.41. The number of hydrogen-bond donors (Lipinski definition) is 0. The fourth-order valence-corrected chi connectivity index (χ4v) is 3.90. The van der Waals surface area contributed by atoms with Crippen LogP contribution in [0, 0.1) is 12.8 Å². The fraction of sp³-hybridized carbons (Fsp3) is 0.308. The summed E-state index contributed by atoms with van der Waals surface area (Å²) in [5.41, 5.74) is 4.63. The molecular weight excluding hydrogens is 422 g/mol. The molecule has 3 rings (SSSR count). The second-order valence-electron chi connectivity index (χ2n) is 8.46. The molecule has 0 fully saturated rings. The van der Waals surface area contributed by atoms with E-state index in [0.29, 0.717) is 16.3 Å². The standard InChI is InChI=1S/C26H28ClN3O2/c1-16(2)26(32)30(5)21-13-19(22-7-6-17(3)10-23(22)27)12-20(14-21)25(31)11-18(4)24-15-28-8-9-29-24/h6-10,12-16,18H,11H2,1-5H3. The Labute approximate surface area is 194 Å². The van der Waals surface area contributed by atoms with Crippen molar-refractivity contribution in [3.63, 3.8) is 0 Å². The van der Waals surface area contributed by atoms with E-state index in [-0.39, 0.29) is 29.9 Å². The molecule has 0 saturated carbocycles. The first-order valence-corrected chi connectivity index (χ1v) is 11.0. The van der Waals surface area contributed by atoms with E-state index in [1.807, 2.05) is 58.0 Å². The third kappa shape index (κ3) is 5.40. The van der Waals surface area contributed by atoms with Crippen molar-refractivity contribution in [2.75, 3.05) is 11.9 Å². The summed E-state index contributed by atoms with van der Waals surface area (Å²) in [5, 5.41) is 0.603. The highest BCUT2D eigenvalue weighted by Crippen LogP contribution is 2.33. The molecule has 166 valence electrons. The number of carbonyl (C=O) groups excluding carboxylic acids is 2. The Morgan fingerprint density at radius 3 is 2.44 bits per heavy atom. The highest BCUT2D eigenvalue weighted by atomic mass is 35.5. The first-order valence-electron chi connectivity index (χ1n) is 10.7. The van der Waals surface area contributed by atoms with Gasteiger partial charge in [-0.1, -0.05) is 44.5 Å². The Bertz CT molecular complexity index is 1130. The molecule has 0 bridgehead atoms. The highest BCUT2D eigenvalue weighted by molar-refractivity contribution is 6.33. The summed E-state index contributed by atoms with van der Waals surface area (Å²) in [5.74, 6) is -0.299. The van der Waals surface area contributed by atoms with Gasteiger partial charge in [-0.05, 0) is 42.3 Å². The van der Waals surface area contributed by atoms with Crippen LogP contribution in [0.25, 0.3) is 11.1 Å². The number of benzene rings is 2. The Hall–Kier alpha value is -3.05. The second-order valence-corrected chi connectivity index (χ2v) is 8.87. The number of nitrogens with zero attached hydrogens (tertiary/aromatic N) is 3. The van der Waals surface area contributed by atoms with Gasteiger partial charge in [0.2, 0.25) is 5.91 Å². The molecule has 32 heavy (non-hydrogen) atoms. The van der Waals surface area contributed by atoms with E-state index in [1.165, 1.54) is 0 Å². The number of hydrogen-bond acceptors (Lipinski definition) is 4. The van der Waals surface area contributed by atoms with E-state index in [9.17, 15) is 9.59 Å². The van der Waals surface area contributed by atoms with E-state index in [4.69, 9.17) is 11.6 Å². The van der Waals surface area contributed by atoms with E-state index < -0.39 is 0 Å². The number of halogens is 1. The molecule has 0 aliphatic heterocycles. The zero-order valence-electron chi connectivity index (χ0n) is 19.1. The van der Waals surface area contributed by atoms with Crippen molar-refractivity contribution in [1.82, 2.24) is 9.97 Å². The van der Waals surface area contributed by atoms with Crippen LogP contribution in [0.3, 0.4) is 0 Å². The summed E-state index contributed by atoms with van der Waals surface area (Å²) in [6, 6.07) is 11.3. The molecule has 1 atom stereocenters. The highest BCUT2D eigenvalue weighted by Gasteiger charge is 2.20. The molecule has 0 spiro atoms. The van der Waals surface area contributed by atoms with Gasteiger partial charge in [-0.25, -0.2) is 0 Å². The minimum Gasteiger partial charge on any atom is -0.315 e. The zero-order valence-corrected chi connectivity index (χ0v) is 19.8. The topological polar surface area (TPSA) is 63.2 Å². The molecular formula is C26H28ClN3O2.